The molecule has 0 unspecified atom stereocenters. The molecule has 0 spiro atoms. The lowest BCUT2D eigenvalue weighted by Gasteiger charge is -1.98. The van der Waals surface area contributed by atoms with Crippen LogP contribution in [-0.4, -0.2) is 0 Å². The molecule has 3 aromatic carbocycles. The van der Waals surface area contributed by atoms with E-state index in [4.69, 9.17) is 11.6 Å². The average molecular weight is 349 g/mol. The second-order valence-corrected chi connectivity index (χ2v) is 6.09. The van der Waals surface area contributed by atoms with E-state index in [0.29, 0.717) is 5.02 Å². The minimum absolute atomic E-state index is 0.684. The molecule has 124 valence electrons. The molecule has 4 nitrogen and oxygen atoms in total. The number of hydrogen-bond donors (Lipinski definition) is 0. The second kappa shape index (κ2) is 7.81. The summed E-state index contributed by atoms with van der Waals surface area (Å²) >= 11 is 6.09. The smallest absolute Gasteiger partial charge is 0.0872 e. The Labute approximate surface area is 151 Å². The molecule has 0 aromatic heterocycles. The Bertz CT molecular complexity index is 913. The van der Waals surface area contributed by atoms with E-state index in [1.165, 1.54) is 5.56 Å². The lowest BCUT2D eigenvalue weighted by Crippen LogP contribution is -1.72. The van der Waals surface area contributed by atoms with Crippen molar-refractivity contribution in [3.63, 3.8) is 0 Å². The number of benzene rings is 3. The topological polar surface area (TPSA) is 49.4 Å². The zero-order valence-electron chi connectivity index (χ0n) is 14.0. The minimum Gasteiger partial charge on any atom is -0.151 e. The Morgan fingerprint density at radius 3 is 1.44 bits per heavy atom. The molecule has 0 amide bonds. The van der Waals surface area contributed by atoms with Crippen LogP contribution < -0.4 is 0 Å². The Morgan fingerprint density at radius 1 is 0.560 bits per heavy atom. The van der Waals surface area contributed by atoms with Crippen molar-refractivity contribution < 1.29 is 0 Å². The second-order valence-electron chi connectivity index (χ2n) is 5.69. The molecule has 0 saturated heterocycles. The van der Waals surface area contributed by atoms with Gasteiger partial charge in [0.25, 0.3) is 0 Å². The maximum absolute atomic E-state index is 6.09. The van der Waals surface area contributed by atoms with Gasteiger partial charge < -0.3 is 0 Å². The van der Waals surface area contributed by atoms with E-state index in [1.807, 2.05) is 74.5 Å². The van der Waals surface area contributed by atoms with Crippen molar-refractivity contribution in [1.82, 2.24) is 0 Å². The largest absolute Gasteiger partial charge is 0.151 e. The van der Waals surface area contributed by atoms with E-state index in [9.17, 15) is 0 Å². The first kappa shape index (κ1) is 17.0. The predicted molar refractivity (Wildman–Crippen MR) is 102 cm³/mol. The average Bonchev–Trinajstić information content (AvgIpc) is 2.63. The monoisotopic (exact) mass is 348 g/mol. The van der Waals surface area contributed by atoms with Gasteiger partial charge in [-0.2, -0.15) is 20.5 Å². The Morgan fingerprint density at radius 2 is 0.960 bits per heavy atom. The predicted octanol–water partition coefficient (Wildman–Crippen LogP) is 7.79. The number of aryl methyl sites for hydroxylation is 2. The highest BCUT2D eigenvalue weighted by Gasteiger charge is 1.97. The summed E-state index contributed by atoms with van der Waals surface area (Å²) < 4.78 is 0. The molecule has 25 heavy (non-hydrogen) atoms. The van der Waals surface area contributed by atoms with E-state index in [-0.39, 0.29) is 0 Å². The fraction of sp³-hybridized carbons (Fsp3) is 0.100. The molecule has 3 rings (SSSR count). The van der Waals surface area contributed by atoms with Gasteiger partial charge >= 0.3 is 0 Å². The van der Waals surface area contributed by atoms with Crippen molar-refractivity contribution >= 4 is 34.4 Å². The Kier molecular flexibility index (Phi) is 5.31. The van der Waals surface area contributed by atoms with Crippen LogP contribution in [0.15, 0.2) is 87.2 Å². The van der Waals surface area contributed by atoms with Crippen LogP contribution in [0.1, 0.15) is 11.1 Å². The number of rotatable bonds is 4. The molecule has 0 bridgehead atoms. The van der Waals surface area contributed by atoms with Crippen molar-refractivity contribution in [2.45, 2.75) is 13.8 Å². The molecular formula is C20H17ClN4. The van der Waals surface area contributed by atoms with E-state index in [2.05, 4.69) is 20.5 Å². The molecule has 0 saturated carbocycles. The lowest BCUT2D eigenvalue weighted by atomic mass is 10.2. The van der Waals surface area contributed by atoms with Crippen LogP contribution in [0.2, 0.25) is 5.02 Å². The summed E-state index contributed by atoms with van der Waals surface area (Å²) in [4.78, 5) is 0. The quantitative estimate of drug-likeness (QED) is 0.432. The van der Waals surface area contributed by atoms with Gasteiger partial charge in [-0.15, -0.1) is 0 Å². The highest BCUT2D eigenvalue weighted by Crippen LogP contribution is 2.26. The van der Waals surface area contributed by atoms with E-state index < -0.39 is 0 Å². The van der Waals surface area contributed by atoms with Crippen LogP contribution in [0, 0.1) is 13.8 Å². The van der Waals surface area contributed by atoms with Crippen molar-refractivity contribution in [3.05, 3.63) is 82.9 Å². The molecule has 0 aliphatic carbocycles. The first-order valence-electron chi connectivity index (χ1n) is 7.86. The van der Waals surface area contributed by atoms with Gasteiger partial charge in [0.15, 0.2) is 0 Å². The summed E-state index contributed by atoms with van der Waals surface area (Å²) in [6.45, 7) is 3.99. The van der Waals surface area contributed by atoms with Crippen molar-refractivity contribution in [3.8, 4) is 0 Å². The summed E-state index contributed by atoms with van der Waals surface area (Å²) in [5.74, 6) is 0. The van der Waals surface area contributed by atoms with Gasteiger partial charge in [-0.25, -0.2) is 0 Å². The zero-order chi connectivity index (χ0) is 17.6. The van der Waals surface area contributed by atoms with Gasteiger partial charge in [0.2, 0.25) is 0 Å². The molecule has 0 N–H and O–H groups in total. The third kappa shape index (κ3) is 4.81. The summed E-state index contributed by atoms with van der Waals surface area (Å²) in [6.07, 6.45) is 0. The molecular weight excluding hydrogens is 332 g/mol. The normalized spacial score (nSPS) is 11.5. The van der Waals surface area contributed by atoms with Crippen molar-refractivity contribution in [2.75, 3.05) is 0 Å². The molecule has 5 heteroatoms. The maximum Gasteiger partial charge on any atom is 0.0872 e. The first-order valence-corrected chi connectivity index (χ1v) is 8.24. The fourth-order valence-corrected chi connectivity index (χ4v) is 2.25. The molecule has 0 atom stereocenters. The fourth-order valence-electron chi connectivity index (χ4n) is 2.07. The number of hydrogen-bond acceptors (Lipinski definition) is 4. The third-order valence-electron chi connectivity index (χ3n) is 3.60. The summed E-state index contributed by atoms with van der Waals surface area (Å²) in [6, 6.07) is 20.9. The molecule has 0 radical (unpaired) electrons. The highest BCUT2D eigenvalue weighted by molar-refractivity contribution is 6.31. The number of azo groups is 2. The Balaban J connectivity index is 1.68. The maximum atomic E-state index is 6.09. The van der Waals surface area contributed by atoms with E-state index in [1.54, 1.807) is 6.07 Å². The van der Waals surface area contributed by atoms with Gasteiger partial charge in [0.05, 0.1) is 22.7 Å². The molecule has 3 aromatic rings. The van der Waals surface area contributed by atoms with Gasteiger partial charge in [-0.3, -0.25) is 0 Å². The third-order valence-corrected chi connectivity index (χ3v) is 4.01. The van der Waals surface area contributed by atoms with Crippen LogP contribution in [0.5, 0.6) is 0 Å². The van der Waals surface area contributed by atoms with Crippen molar-refractivity contribution in [1.29, 1.82) is 0 Å². The molecule has 0 heterocycles. The highest BCUT2D eigenvalue weighted by atomic mass is 35.5. The first-order chi connectivity index (χ1) is 12.1. The Hall–Kier alpha value is -2.85. The summed E-state index contributed by atoms with van der Waals surface area (Å²) in [7, 11) is 0. The number of nitrogens with zero attached hydrogens (tertiary/aromatic N) is 4. The standard InChI is InChI=1S/C20H17ClN4/c1-14-3-6-16(7-4-14)22-23-17-9-11-18(12-10-17)24-25-19-8-5-15(2)20(21)13-19/h3-13H,1-2H3. The van der Waals surface area contributed by atoms with Crippen LogP contribution in [-0.2, 0) is 0 Å². The summed E-state index contributed by atoms with van der Waals surface area (Å²) in [5, 5.41) is 17.5. The molecule has 0 aliphatic rings. The van der Waals surface area contributed by atoms with E-state index >= 15 is 0 Å². The number of halogens is 1. The van der Waals surface area contributed by atoms with E-state index in [0.717, 1.165) is 28.3 Å². The van der Waals surface area contributed by atoms with Gasteiger partial charge in [0, 0.05) is 5.02 Å². The van der Waals surface area contributed by atoms with Crippen molar-refractivity contribution in [2.24, 2.45) is 20.5 Å². The zero-order valence-corrected chi connectivity index (χ0v) is 14.8. The van der Waals surface area contributed by atoms with Gasteiger partial charge in [-0.1, -0.05) is 35.4 Å². The van der Waals surface area contributed by atoms with Crippen LogP contribution >= 0.6 is 11.6 Å². The minimum atomic E-state index is 0.684. The molecule has 0 fully saturated rings. The van der Waals surface area contributed by atoms with Crippen LogP contribution in [0.4, 0.5) is 22.7 Å². The van der Waals surface area contributed by atoms with Gasteiger partial charge in [-0.05, 0) is 67.9 Å². The SMILES string of the molecule is Cc1ccc(N=Nc2ccc(N=Nc3ccc(C)c(Cl)c3)cc2)cc1. The lowest BCUT2D eigenvalue weighted by molar-refractivity contribution is 1.21. The van der Waals surface area contributed by atoms with Crippen LogP contribution in [0.25, 0.3) is 0 Å². The van der Waals surface area contributed by atoms with Crippen LogP contribution in [0.3, 0.4) is 0 Å². The molecule has 0 aliphatic heterocycles. The van der Waals surface area contributed by atoms with Gasteiger partial charge in [0.1, 0.15) is 0 Å². The summed E-state index contributed by atoms with van der Waals surface area (Å²) in [5.41, 5.74) is 5.26.